The molecule has 0 unspecified atom stereocenters. The molecule has 0 atom stereocenters. The Morgan fingerprint density at radius 1 is 1.13 bits per heavy atom. The average molecular weight is 428 g/mol. The third kappa shape index (κ3) is 5.52. The largest absolute Gasteiger partial charge is 0.508 e. The molecule has 3 rings (SSSR count). The highest BCUT2D eigenvalue weighted by atomic mass is 35.5. The number of nitrogens with one attached hydrogen (secondary N) is 1. The van der Waals surface area contributed by atoms with E-state index in [1.54, 1.807) is 42.5 Å². The van der Waals surface area contributed by atoms with Gasteiger partial charge in [-0.15, -0.1) is 0 Å². The maximum absolute atomic E-state index is 13.9. The molecule has 30 heavy (non-hydrogen) atoms. The number of halogens is 2. The predicted molar refractivity (Wildman–Crippen MR) is 115 cm³/mol. The Bertz CT molecular complexity index is 1050. The van der Waals surface area contributed by atoms with Crippen molar-refractivity contribution in [3.8, 4) is 17.2 Å². The maximum Gasteiger partial charge on any atom is 0.248 e. The molecule has 0 bridgehead atoms. The fourth-order valence-corrected chi connectivity index (χ4v) is 2.85. The summed E-state index contributed by atoms with van der Waals surface area (Å²) in [4.78, 5) is 12.1. The Balaban J connectivity index is 1.66. The van der Waals surface area contributed by atoms with Gasteiger partial charge in [-0.2, -0.15) is 0 Å². The van der Waals surface area contributed by atoms with Gasteiger partial charge in [-0.3, -0.25) is 4.79 Å². The second kappa shape index (κ2) is 9.80. The van der Waals surface area contributed by atoms with Crippen molar-refractivity contribution in [3.05, 3.63) is 88.7 Å². The smallest absolute Gasteiger partial charge is 0.248 e. The number of phenolic OH excluding ortho intramolecular Hbond substituents is 1. The molecule has 0 heterocycles. The van der Waals surface area contributed by atoms with Crippen LogP contribution in [0.15, 0.2) is 66.7 Å². The van der Waals surface area contributed by atoms with E-state index in [0.29, 0.717) is 22.7 Å². The Morgan fingerprint density at radius 2 is 1.90 bits per heavy atom. The first-order valence-corrected chi connectivity index (χ1v) is 9.36. The second-order valence-electron chi connectivity index (χ2n) is 6.27. The van der Waals surface area contributed by atoms with Crippen molar-refractivity contribution in [1.82, 2.24) is 0 Å². The van der Waals surface area contributed by atoms with Crippen LogP contribution in [0, 0.1) is 5.82 Å². The van der Waals surface area contributed by atoms with Crippen molar-refractivity contribution in [3.63, 3.8) is 0 Å². The van der Waals surface area contributed by atoms with Crippen LogP contribution in [0.4, 0.5) is 10.1 Å². The van der Waals surface area contributed by atoms with Gasteiger partial charge in [0.05, 0.1) is 12.1 Å². The van der Waals surface area contributed by atoms with E-state index in [1.165, 1.54) is 37.5 Å². The van der Waals surface area contributed by atoms with Gasteiger partial charge in [-0.1, -0.05) is 23.7 Å². The monoisotopic (exact) mass is 427 g/mol. The maximum atomic E-state index is 13.9. The molecule has 0 aliphatic carbocycles. The van der Waals surface area contributed by atoms with Crippen LogP contribution in [0.2, 0.25) is 5.02 Å². The topological polar surface area (TPSA) is 67.8 Å². The SMILES string of the molecule is COc1cc(/C=C/C(=O)Nc2ccc(O)cc2)ccc1OCc1c(F)cccc1Cl. The first-order chi connectivity index (χ1) is 14.5. The number of anilines is 1. The van der Waals surface area contributed by atoms with Crippen LogP contribution >= 0.6 is 11.6 Å². The van der Waals surface area contributed by atoms with Crippen LogP contribution in [0.5, 0.6) is 17.2 Å². The van der Waals surface area contributed by atoms with E-state index in [0.717, 1.165) is 0 Å². The summed E-state index contributed by atoms with van der Waals surface area (Å²) in [6.45, 7) is -0.0495. The van der Waals surface area contributed by atoms with E-state index in [9.17, 15) is 14.3 Å². The van der Waals surface area contributed by atoms with Gasteiger partial charge in [-0.25, -0.2) is 4.39 Å². The van der Waals surface area contributed by atoms with Gasteiger partial charge >= 0.3 is 0 Å². The lowest BCUT2D eigenvalue weighted by Gasteiger charge is -2.12. The molecule has 0 fully saturated rings. The molecule has 0 saturated heterocycles. The third-order valence-corrected chi connectivity index (χ3v) is 4.54. The molecular weight excluding hydrogens is 409 g/mol. The predicted octanol–water partition coefficient (Wildman–Crippen LogP) is 5.42. The van der Waals surface area contributed by atoms with E-state index in [1.807, 2.05) is 0 Å². The van der Waals surface area contributed by atoms with Gasteiger partial charge in [0.15, 0.2) is 11.5 Å². The second-order valence-corrected chi connectivity index (χ2v) is 6.68. The summed E-state index contributed by atoms with van der Waals surface area (Å²) in [6.07, 6.45) is 3.00. The van der Waals surface area contributed by atoms with Crippen LogP contribution in [-0.2, 0) is 11.4 Å². The summed E-state index contributed by atoms with van der Waals surface area (Å²) in [5.41, 5.74) is 1.54. The van der Waals surface area contributed by atoms with Gasteiger partial charge < -0.3 is 19.9 Å². The molecule has 0 aliphatic rings. The minimum absolute atomic E-state index is 0.0495. The number of ether oxygens (including phenoxy) is 2. The average Bonchev–Trinajstić information content (AvgIpc) is 2.74. The first kappa shape index (κ1) is 21.2. The number of carbonyl (C=O) groups is 1. The van der Waals surface area contributed by atoms with Crippen LogP contribution in [-0.4, -0.2) is 18.1 Å². The van der Waals surface area contributed by atoms with Gasteiger partial charge in [0, 0.05) is 17.3 Å². The Labute approximate surface area is 178 Å². The highest BCUT2D eigenvalue weighted by molar-refractivity contribution is 6.31. The van der Waals surface area contributed by atoms with Gasteiger partial charge in [0.25, 0.3) is 0 Å². The molecule has 0 aromatic heterocycles. The highest BCUT2D eigenvalue weighted by Crippen LogP contribution is 2.30. The van der Waals surface area contributed by atoms with Crippen molar-refractivity contribution in [2.45, 2.75) is 6.61 Å². The van der Waals surface area contributed by atoms with Crippen LogP contribution in [0.3, 0.4) is 0 Å². The number of phenols is 1. The number of hydrogen-bond donors (Lipinski definition) is 2. The molecule has 0 saturated carbocycles. The van der Waals surface area contributed by atoms with Gasteiger partial charge in [-0.05, 0) is 60.2 Å². The number of aromatic hydroxyl groups is 1. The van der Waals surface area contributed by atoms with Crippen molar-refractivity contribution in [2.75, 3.05) is 12.4 Å². The molecule has 154 valence electrons. The zero-order valence-electron chi connectivity index (χ0n) is 16.1. The van der Waals surface area contributed by atoms with Gasteiger partial charge in [0.1, 0.15) is 18.2 Å². The van der Waals surface area contributed by atoms with E-state index in [4.69, 9.17) is 21.1 Å². The molecular formula is C23H19ClFNO4. The first-order valence-electron chi connectivity index (χ1n) is 8.98. The van der Waals surface area contributed by atoms with E-state index >= 15 is 0 Å². The van der Waals surface area contributed by atoms with E-state index in [-0.39, 0.29) is 28.8 Å². The molecule has 0 radical (unpaired) electrons. The van der Waals surface area contributed by atoms with E-state index in [2.05, 4.69) is 5.32 Å². The van der Waals surface area contributed by atoms with Gasteiger partial charge in [0.2, 0.25) is 5.91 Å². The zero-order valence-corrected chi connectivity index (χ0v) is 16.8. The normalized spacial score (nSPS) is 10.8. The lowest BCUT2D eigenvalue weighted by atomic mass is 10.1. The summed E-state index contributed by atoms with van der Waals surface area (Å²) < 4.78 is 24.9. The van der Waals surface area contributed by atoms with E-state index < -0.39 is 5.82 Å². The fourth-order valence-electron chi connectivity index (χ4n) is 2.63. The summed E-state index contributed by atoms with van der Waals surface area (Å²) in [5.74, 6) is 0.205. The Hall–Kier alpha value is -3.51. The van der Waals surface area contributed by atoms with Crippen LogP contribution < -0.4 is 14.8 Å². The molecule has 2 N–H and O–H groups in total. The van der Waals surface area contributed by atoms with Crippen LogP contribution in [0.1, 0.15) is 11.1 Å². The molecule has 0 aliphatic heterocycles. The number of carbonyl (C=O) groups excluding carboxylic acids is 1. The summed E-state index contributed by atoms with van der Waals surface area (Å²) in [5, 5.41) is 12.2. The zero-order chi connectivity index (χ0) is 21.5. The van der Waals surface area contributed by atoms with Crippen LogP contribution in [0.25, 0.3) is 6.08 Å². The molecule has 7 heteroatoms. The Morgan fingerprint density at radius 3 is 2.60 bits per heavy atom. The van der Waals surface area contributed by atoms with Crippen molar-refractivity contribution in [2.24, 2.45) is 0 Å². The third-order valence-electron chi connectivity index (χ3n) is 4.18. The lowest BCUT2D eigenvalue weighted by Crippen LogP contribution is -2.07. The molecule has 3 aromatic rings. The molecule has 0 spiro atoms. The number of amides is 1. The summed E-state index contributed by atoms with van der Waals surface area (Å²) >= 11 is 6.02. The highest BCUT2D eigenvalue weighted by Gasteiger charge is 2.10. The summed E-state index contributed by atoms with van der Waals surface area (Å²) in [6, 6.07) is 15.7. The minimum atomic E-state index is -0.444. The van der Waals surface area contributed by atoms with Crippen molar-refractivity contribution >= 4 is 29.3 Å². The number of hydrogen-bond acceptors (Lipinski definition) is 4. The molecule has 3 aromatic carbocycles. The Kier molecular flexibility index (Phi) is 6.93. The van der Waals surface area contributed by atoms with Crippen molar-refractivity contribution in [1.29, 1.82) is 0 Å². The number of methoxy groups -OCH3 is 1. The lowest BCUT2D eigenvalue weighted by molar-refractivity contribution is -0.111. The van der Waals surface area contributed by atoms with Crippen molar-refractivity contribution < 1.29 is 23.8 Å². The minimum Gasteiger partial charge on any atom is -0.508 e. The quantitative estimate of drug-likeness (QED) is 0.390. The number of benzene rings is 3. The molecule has 1 amide bonds. The standard InChI is InChI=1S/C23H19ClFNO4/c1-29-22-13-15(6-12-23(28)26-16-7-9-17(27)10-8-16)5-11-21(22)30-14-18-19(24)3-2-4-20(18)25/h2-13,27H,14H2,1H3,(H,26,28)/b12-6+. The fraction of sp³-hybridized carbons (Fsp3) is 0.0870. The summed E-state index contributed by atoms with van der Waals surface area (Å²) in [7, 11) is 1.49. The molecule has 5 nitrogen and oxygen atoms in total. The number of rotatable bonds is 7.